The van der Waals surface area contributed by atoms with E-state index >= 15 is 0 Å². The van der Waals surface area contributed by atoms with Gasteiger partial charge in [0.15, 0.2) is 0 Å². The van der Waals surface area contributed by atoms with Crippen LogP contribution in [0.3, 0.4) is 0 Å². The largest absolute Gasteiger partial charge is 0.497 e. The van der Waals surface area contributed by atoms with Crippen molar-refractivity contribution in [2.24, 2.45) is 0 Å². The summed E-state index contributed by atoms with van der Waals surface area (Å²) >= 11 is 3.42. The molecule has 1 unspecified atom stereocenters. The Morgan fingerprint density at radius 3 is 2.52 bits per heavy atom. The number of aryl methyl sites for hydroxylation is 1. The van der Waals surface area contributed by atoms with Crippen LogP contribution in [-0.4, -0.2) is 7.11 Å². The van der Waals surface area contributed by atoms with Gasteiger partial charge in [-0.05, 0) is 59.6 Å². The standard InChI is InChI=1S/C16H16BrF2NO/c1-9-6-15(19)12(8-14(9)18)10(2)20-16-7-11(21-3)4-5-13(16)17/h4-8,10,20H,1-3H3. The third kappa shape index (κ3) is 3.53. The van der Waals surface area contributed by atoms with Gasteiger partial charge in [-0.2, -0.15) is 0 Å². The molecule has 0 aliphatic heterocycles. The Morgan fingerprint density at radius 2 is 1.86 bits per heavy atom. The van der Waals surface area contributed by atoms with Crippen LogP contribution < -0.4 is 10.1 Å². The summed E-state index contributed by atoms with van der Waals surface area (Å²) in [5, 5.41) is 3.16. The lowest BCUT2D eigenvalue weighted by Gasteiger charge is -2.18. The van der Waals surface area contributed by atoms with Gasteiger partial charge in [0.2, 0.25) is 0 Å². The maximum atomic E-state index is 14.0. The second-order valence-electron chi connectivity index (χ2n) is 4.83. The number of benzene rings is 2. The van der Waals surface area contributed by atoms with E-state index < -0.39 is 11.6 Å². The van der Waals surface area contributed by atoms with Crippen LogP contribution in [0.15, 0.2) is 34.8 Å². The van der Waals surface area contributed by atoms with Crippen molar-refractivity contribution in [3.8, 4) is 5.75 Å². The van der Waals surface area contributed by atoms with Gasteiger partial charge in [-0.15, -0.1) is 0 Å². The lowest BCUT2D eigenvalue weighted by molar-refractivity contribution is 0.415. The molecule has 0 fully saturated rings. The molecule has 1 atom stereocenters. The Hall–Kier alpha value is -1.62. The fourth-order valence-corrected chi connectivity index (χ4v) is 2.41. The Balaban J connectivity index is 2.30. The maximum absolute atomic E-state index is 14.0. The highest BCUT2D eigenvalue weighted by molar-refractivity contribution is 9.10. The first-order chi connectivity index (χ1) is 9.92. The number of nitrogens with one attached hydrogen (secondary N) is 1. The summed E-state index contributed by atoms with van der Waals surface area (Å²) in [6, 6.07) is 7.50. The molecule has 5 heteroatoms. The van der Waals surface area contributed by atoms with Crippen molar-refractivity contribution in [1.29, 1.82) is 0 Å². The van der Waals surface area contributed by atoms with E-state index in [0.717, 1.165) is 10.2 Å². The van der Waals surface area contributed by atoms with Gasteiger partial charge in [0.1, 0.15) is 17.4 Å². The molecule has 0 aliphatic rings. The molecule has 2 aromatic carbocycles. The Labute approximate surface area is 131 Å². The molecular formula is C16H16BrF2NO. The van der Waals surface area contributed by atoms with E-state index in [4.69, 9.17) is 4.74 Å². The fraction of sp³-hybridized carbons (Fsp3) is 0.250. The molecular weight excluding hydrogens is 340 g/mol. The molecule has 0 amide bonds. The minimum atomic E-state index is -0.423. The molecule has 21 heavy (non-hydrogen) atoms. The summed E-state index contributed by atoms with van der Waals surface area (Å²) in [5.74, 6) is -0.152. The van der Waals surface area contributed by atoms with Crippen LogP contribution in [0.4, 0.5) is 14.5 Å². The van der Waals surface area contributed by atoms with E-state index in [-0.39, 0.29) is 11.6 Å². The van der Waals surface area contributed by atoms with Gasteiger partial charge >= 0.3 is 0 Å². The third-order valence-electron chi connectivity index (χ3n) is 3.29. The zero-order chi connectivity index (χ0) is 15.6. The number of halogens is 3. The van der Waals surface area contributed by atoms with Gasteiger partial charge in [-0.3, -0.25) is 0 Å². The van der Waals surface area contributed by atoms with Crippen molar-refractivity contribution in [2.45, 2.75) is 19.9 Å². The molecule has 0 saturated heterocycles. The summed E-state index contributed by atoms with van der Waals surface area (Å²) in [6.45, 7) is 3.32. The summed E-state index contributed by atoms with van der Waals surface area (Å²) < 4.78 is 33.6. The van der Waals surface area contributed by atoms with Crippen molar-refractivity contribution in [2.75, 3.05) is 12.4 Å². The monoisotopic (exact) mass is 355 g/mol. The van der Waals surface area contributed by atoms with Crippen LogP contribution in [0.2, 0.25) is 0 Å². The van der Waals surface area contributed by atoms with E-state index in [9.17, 15) is 8.78 Å². The molecule has 0 radical (unpaired) electrons. The van der Waals surface area contributed by atoms with E-state index in [2.05, 4.69) is 21.2 Å². The molecule has 0 bridgehead atoms. The second-order valence-corrected chi connectivity index (χ2v) is 5.69. The van der Waals surface area contributed by atoms with Crippen molar-refractivity contribution in [3.63, 3.8) is 0 Å². The average molecular weight is 356 g/mol. The van der Waals surface area contributed by atoms with Crippen LogP contribution in [0.5, 0.6) is 5.75 Å². The SMILES string of the molecule is COc1ccc(Br)c(NC(C)c2cc(F)c(C)cc2F)c1. The predicted molar refractivity (Wildman–Crippen MR) is 83.8 cm³/mol. The first-order valence-corrected chi connectivity index (χ1v) is 7.27. The van der Waals surface area contributed by atoms with Gasteiger partial charge in [0.05, 0.1) is 18.8 Å². The Morgan fingerprint density at radius 1 is 1.14 bits per heavy atom. The smallest absolute Gasteiger partial charge is 0.128 e. The van der Waals surface area contributed by atoms with Crippen LogP contribution >= 0.6 is 15.9 Å². The highest BCUT2D eigenvalue weighted by Gasteiger charge is 2.15. The number of ether oxygens (including phenoxy) is 1. The molecule has 0 aromatic heterocycles. The molecule has 2 nitrogen and oxygen atoms in total. The van der Waals surface area contributed by atoms with Gasteiger partial charge in [-0.1, -0.05) is 0 Å². The van der Waals surface area contributed by atoms with Gasteiger partial charge < -0.3 is 10.1 Å². The highest BCUT2D eigenvalue weighted by Crippen LogP contribution is 2.31. The first-order valence-electron chi connectivity index (χ1n) is 6.48. The van der Waals surface area contributed by atoms with Gasteiger partial charge in [0, 0.05) is 16.1 Å². The molecule has 0 aliphatic carbocycles. The number of hydrogen-bond acceptors (Lipinski definition) is 2. The summed E-state index contributed by atoms with van der Waals surface area (Å²) in [5.41, 5.74) is 1.33. The van der Waals surface area contributed by atoms with E-state index in [1.807, 2.05) is 12.1 Å². The van der Waals surface area contributed by atoms with Crippen LogP contribution in [-0.2, 0) is 0 Å². The minimum absolute atomic E-state index is 0.285. The summed E-state index contributed by atoms with van der Waals surface area (Å²) in [4.78, 5) is 0. The molecule has 2 aromatic rings. The third-order valence-corrected chi connectivity index (χ3v) is 3.98. The normalized spacial score (nSPS) is 12.1. The molecule has 2 rings (SSSR count). The zero-order valence-corrected chi connectivity index (χ0v) is 13.6. The number of methoxy groups -OCH3 is 1. The Kier molecular flexibility index (Phi) is 4.83. The molecule has 0 spiro atoms. The zero-order valence-electron chi connectivity index (χ0n) is 12.0. The fourth-order valence-electron chi connectivity index (χ4n) is 2.05. The van der Waals surface area contributed by atoms with E-state index in [1.165, 1.54) is 12.1 Å². The van der Waals surface area contributed by atoms with E-state index in [0.29, 0.717) is 11.3 Å². The molecule has 0 heterocycles. The van der Waals surface area contributed by atoms with Gasteiger partial charge in [0.25, 0.3) is 0 Å². The molecule has 1 N–H and O–H groups in total. The number of rotatable bonds is 4. The number of hydrogen-bond donors (Lipinski definition) is 1. The summed E-state index contributed by atoms with van der Waals surface area (Å²) in [6.07, 6.45) is 0. The lowest BCUT2D eigenvalue weighted by atomic mass is 10.0. The lowest BCUT2D eigenvalue weighted by Crippen LogP contribution is -2.10. The van der Waals surface area contributed by atoms with Crippen molar-refractivity contribution in [3.05, 3.63) is 57.6 Å². The molecule has 112 valence electrons. The van der Waals surface area contributed by atoms with Crippen LogP contribution in [0.1, 0.15) is 24.1 Å². The summed E-state index contributed by atoms with van der Waals surface area (Å²) in [7, 11) is 1.57. The topological polar surface area (TPSA) is 21.3 Å². The van der Waals surface area contributed by atoms with Gasteiger partial charge in [-0.25, -0.2) is 8.78 Å². The Bertz CT molecular complexity index is 661. The minimum Gasteiger partial charge on any atom is -0.497 e. The van der Waals surface area contributed by atoms with Crippen molar-refractivity contribution in [1.82, 2.24) is 0 Å². The second kappa shape index (κ2) is 6.43. The highest BCUT2D eigenvalue weighted by atomic mass is 79.9. The van der Waals surface area contributed by atoms with Crippen LogP contribution in [0.25, 0.3) is 0 Å². The van der Waals surface area contributed by atoms with Crippen molar-refractivity contribution >= 4 is 21.6 Å². The van der Waals surface area contributed by atoms with Crippen molar-refractivity contribution < 1.29 is 13.5 Å². The number of anilines is 1. The maximum Gasteiger partial charge on any atom is 0.128 e. The first kappa shape index (κ1) is 15.8. The molecule has 0 saturated carbocycles. The average Bonchev–Trinajstić information content (AvgIpc) is 2.45. The predicted octanol–water partition coefficient (Wildman–Crippen LogP) is 5.22. The van der Waals surface area contributed by atoms with Crippen LogP contribution in [0, 0.1) is 18.6 Å². The quantitative estimate of drug-likeness (QED) is 0.811. The van der Waals surface area contributed by atoms with E-state index in [1.54, 1.807) is 27.0 Å².